The van der Waals surface area contributed by atoms with Crippen LogP contribution in [0.5, 0.6) is 0 Å². The zero-order chi connectivity index (χ0) is 13.8. The number of aromatic nitrogens is 3. The number of hydrogen-bond donors (Lipinski definition) is 1. The van der Waals surface area contributed by atoms with Crippen LogP contribution in [0.3, 0.4) is 0 Å². The predicted molar refractivity (Wildman–Crippen MR) is 72.1 cm³/mol. The van der Waals surface area contributed by atoms with Crippen molar-refractivity contribution in [1.29, 1.82) is 0 Å². The second-order valence-electron chi connectivity index (χ2n) is 4.53. The number of anilines is 1. The van der Waals surface area contributed by atoms with Gasteiger partial charge in [0.25, 0.3) is 0 Å². The Balaban J connectivity index is 2.30. The topological polar surface area (TPSA) is 79.2 Å². The SMILES string of the molecule is CC(C)N(CCC(=O)O)c1nnc2ccccc2n1. The average molecular weight is 260 g/mol. The molecule has 2 rings (SSSR count). The summed E-state index contributed by atoms with van der Waals surface area (Å²) in [5.74, 6) is -0.366. The van der Waals surface area contributed by atoms with E-state index >= 15 is 0 Å². The van der Waals surface area contributed by atoms with Gasteiger partial charge in [-0.3, -0.25) is 4.79 Å². The van der Waals surface area contributed by atoms with E-state index in [1.807, 2.05) is 43.0 Å². The number of hydrogen-bond acceptors (Lipinski definition) is 5. The molecule has 6 heteroatoms. The molecule has 0 radical (unpaired) electrons. The number of para-hydroxylation sites is 1. The maximum atomic E-state index is 10.7. The van der Waals surface area contributed by atoms with E-state index in [0.717, 1.165) is 11.0 Å². The highest BCUT2D eigenvalue weighted by Gasteiger charge is 2.15. The Morgan fingerprint density at radius 1 is 1.26 bits per heavy atom. The summed E-state index contributed by atoms with van der Waals surface area (Å²) in [5.41, 5.74) is 1.49. The van der Waals surface area contributed by atoms with E-state index in [1.165, 1.54) is 0 Å². The van der Waals surface area contributed by atoms with Crippen LogP contribution in [0.25, 0.3) is 11.0 Å². The number of aliphatic carboxylic acids is 1. The zero-order valence-corrected chi connectivity index (χ0v) is 10.9. The smallest absolute Gasteiger partial charge is 0.305 e. The molecule has 0 atom stereocenters. The van der Waals surface area contributed by atoms with E-state index in [0.29, 0.717) is 12.5 Å². The monoisotopic (exact) mass is 260 g/mol. The summed E-state index contributed by atoms with van der Waals surface area (Å²) in [5, 5.41) is 17.0. The summed E-state index contributed by atoms with van der Waals surface area (Å²) in [6, 6.07) is 7.59. The van der Waals surface area contributed by atoms with Gasteiger partial charge in [-0.05, 0) is 26.0 Å². The van der Waals surface area contributed by atoms with Crippen LogP contribution < -0.4 is 4.90 Å². The molecule has 19 heavy (non-hydrogen) atoms. The predicted octanol–water partition coefficient (Wildman–Crippen LogP) is 1.71. The van der Waals surface area contributed by atoms with E-state index in [2.05, 4.69) is 15.2 Å². The fraction of sp³-hybridized carbons (Fsp3) is 0.385. The quantitative estimate of drug-likeness (QED) is 0.881. The highest BCUT2D eigenvalue weighted by Crippen LogP contribution is 2.15. The third-order valence-electron chi connectivity index (χ3n) is 2.80. The minimum Gasteiger partial charge on any atom is -0.481 e. The van der Waals surface area contributed by atoms with E-state index in [1.54, 1.807) is 0 Å². The molecule has 0 amide bonds. The number of fused-ring (bicyclic) bond motifs is 1. The third-order valence-corrected chi connectivity index (χ3v) is 2.80. The lowest BCUT2D eigenvalue weighted by molar-refractivity contribution is -0.136. The molecule has 2 aromatic rings. The van der Waals surface area contributed by atoms with Crippen LogP contribution in [0.15, 0.2) is 24.3 Å². The number of carboxylic acids is 1. The molecule has 6 nitrogen and oxygen atoms in total. The first-order valence-electron chi connectivity index (χ1n) is 6.16. The number of rotatable bonds is 5. The Morgan fingerprint density at radius 3 is 2.58 bits per heavy atom. The zero-order valence-electron chi connectivity index (χ0n) is 10.9. The lowest BCUT2D eigenvalue weighted by Crippen LogP contribution is -2.34. The molecule has 1 N–H and O–H groups in total. The lowest BCUT2D eigenvalue weighted by atomic mass is 10.3. The second-order valence-corrected chi connectivity index (χ2v) is 4.53. The molecule has 0 aliphatic carbocycles. The van der Waals surface area contributed by atoms with Gasteiger partial charge in [-0.1, -0.05) is 12.1 Å². The molecule has 0 aliphatic heterocycles. The van der Waals surface area contributed by atoms with Gasteiger partial charge in [0.1, 0.15) is 5.52 Å². The molecule has 1 heterocycles. The van der Waals surface area contributed by atoms with Crippen molar-refractivity contribution in [2.75, 3.05) is 11.4 Å². The lowest BCUT2D eigenvalue weighted by Gasteiger charge is -2.25. The van der Waals surface area contributed by atoms with Crippen LogP contribution in [0, 0.1) is 0 Å². The summed E-state index contributed by atoms with van der Waals surface area (Å²) < 4.78 is 0. The minimum atomic E-state index is -0.834. The van der Waals surface area contributed by atoms with Gasteiger partial charge in [-0.25, -0.2) is 4.98 Å². The standard InChI is InChI=1S/C13H16N4O2/c1-9(2)17(8-7-12(18)19)13-14-10-5-3-4-6-11(10)15-16-13/h3-6,9H,7-8H2,1-2H3,(H,18,19). The van der Waals surface area contributed by atoms with E-state index in [-0.39, 0.29) is 12.5 Å². The molecule has 0 saturated carbocycles. The summed E-state index contributed by atoms with van der Waals surface area (Å²) in [7, 11) is 0. The van der Waals surface area contributed by atoms with Crippen molar-refractivity contribution in [3.63, 3.8) is 0 Å². The van der Waals surface area contributed by atoms with E-state index in [4.69, 9.17) is 5.11 Å². The van der Waals surface area contributed by atoms with Gasteiger partial charge in [0, 0.05) is 12.6 Å². The maximum absolute atomic E-state index is 10.7. The number of carbonyl (C=O) groups is 1. The van der Waals surface area contributed by atoms with Crippen LogP contribution >= 0.6 is 0 Å². The molecule has 0 bridgehead atoms. The van der Waals surface area contributed by atoms with Crippen molar-refractivity contribution in [2.45, 2.75) is 26.3 Å². The number of carboxylic acid groups (broad SMARTS) is 1. The van der Waals surface area contributed by atoms with Gasteiger partial charge < -0.3 is 10.0 Å². The molecule has 0 aliphatic rings. The average Bonchev–Trinajstić information content (AvgIpc) is 2.38. The summed E-state index contributed by atoms with van der Waals surface area (Å²) in [4.78, 5) is 17.0. The van der Waals surface area contributed by atoms with Gasteiger partial charge in [0.15, 0.2) is 0 Å². The first kappa shape index (κ1) is 13.2. The van der Waals surface area contributed by atoms with Gasteiger partial charge in [0.05, 0.1) is 11.9 Å². The third kappa shape index (κ3) is 3.15. The van der Waals surface area contributed by atoms with Crippen molar-refractivity contribution in [3.8, 4) is 0 Å². The fourth-order valence-corrected chi connectivity index (χ4v) is 1.80. The molecule has 1 aromatic heterocycles. The highest BCUT2D eigenvalue weighted by molar-refractivity contribution is 5.74. The van der Waals surface area contributed by atoms with Gasteiger partial charge in [0.2, 0.25) is 5.95 Å². The van der Waals surface area contributed by atoms with Crippen LogP contribution in [0.4, 0.5) is 5.95 Å². The highest BCUT2D eigenvalue weighted by atomic mass is 16.4. The van der Waals surface area contributed by atoms with Crippen molar-refractivity contribution >= 4 is 23.0 Å². The normalized spacial score (nSPS) is 10.9. The van der Waals surface area contributed by atoms with Gasteiger partial charge >= 0.3 is 5.97 Å². The summed E-state index contributed by atoms with van der Waals surface area (Å²) in [6.45, 7) is 4.31. The Hall–Kier alpha value is -2.24. The van der Waals surface area contributed by atoms with E-state index < -0.39 is 5.97 Å². The Morgan fingerprint density at radius 2 is 1.95 bits per heavy atom. The second kappa shape index (κ2) is 5.60. The molecule has 0 spiro atoms. The van der Waals surface area contributed by atoms with Crippen LogP contribution in [0.2, 0.25) is 0 Å². The fourth-order valence-electron chi connectivity index (χ4n) is 1.80. The Labute approximate surface area is 111 Å². The molecule has 0 unspecified atom stereocenters. The van der Waals surface area contributed by atoms with Crippen LogP contribution in [-0.4, -0.2) is 38.8 Å². The molecule has 0 saturated heterocycles. The van der Waals surface area contributed by atoms with Crippen molar-refractivity contribution in [2.24, 2.45) is 0 Å². The molecular weight excluding hydrogens is 244 g/mol. The van der Waals surface area contributed by atoms with E-state index in [9.17, 15) is 4.79 Å². The molecule has 100 valence electrons. The summed E-state index contributed by atoms with van der Waals surface area (Å²) >= 11 is 0. The van der Waals surface area contributed by atoms with Crippen molar-refractivity contribution < 1.29 is 9.90 Å². The van der Waals surface area contributed by atoms with Crippen molar-refractivity contribution in [3.05, 3.63) is 24.3 Å². The van der Waals surface area contributed by atoms with Gasteiger partial charge in [-0.2, -0.15) is 0 Å². The Bertz CT molecular complexity index is 586. The maximum Gasteiger partial charge on any atom is 0.305 e. The van der Waals surface area contributed by atoms with Crippen LogP contribution in [-0.2, 0) is 4.79 Å². The number of benzene rings is 1. The first-order chi connectivity index (χ1) is 9.08. The number of nitrogens with zero attached hydrogens (tertiary/aromatic N) is 4. The van der Waals surface area contributed by atoms with Crippen LogP contribution in [0.1, 0.15) is 20.3 Å². The largest absolute Gasteiger partial charge is 0.481 e. The molecular formula is C13H16N4O2. The Kier molecular flexibility index (Phi) is 3.89. The van der Waals surface area contributed by atoms with Crippen molar-refractivity contribution in [1.82, 2.24) is 15.2 Å². The van der Waals surface area contributed by atoms with Gasteiger partial charge in [-0.15, -0.1) is 10.2 Å². The summed E-state index contributed by atoms with van der Waals surface area (Å²) in [6.07, 6.45) is 0.0500. The first-order valence-corrected chi connectivity index (χ1v) is 6.16. The molecule has 0 fully saturated rings. The minimum absolute atomic E-state index is 0.0500. The molecule has 1 aromatic carbocycles.